The highest BCUT2D eigenvalue weighted by molar-refractivity contribution is 6.02. The molecule has 1 aromatic carbocycles. The van der Waals surface area contributed by atoms with E-state index in [4.69, 9.17) is 10.7 Å². The number of nitrogen functional groups attached to an aromatic ring is 1. The summed E-state index contributed by atoms with van der Waals surface area (Å²) in [6, 6.07) is 10.0. The van der Waals surface area contributed by atoms with Gasteiger partial charge in [-0.1, -0.05) is 30.3 Å². The fourth-order valence-corrected chi connectivity index (χ4v) is 6.43. The second-order valence-corrected chi connectivity index (χ2v) is 10.6. The predicted octanol–water partition coefficient (Wildman–Crippen LogP) is 2.57. The van der Waals surface area contributed by atoms with Gasteiger partial charge in [0.05, 0.1) is 17.5 Å². The maximum absolute atomic E-state index is 13.1. The molecule has 12 nitrogen and oxygen atoms in total. The van der Waals surface area contributed by atoms with E-state index in [1.54, 1.807) is 10.7 Å². The molecule has 3 atom stereocenters. The van der Waals surface area contributed by atoms with Gasteiger partial charge in [-0.3, -0.25) is 9.59 Å². The van der Waals surface area contributed by atoms with Crippen molar-refractivity contribution in [2.24, 2.45) is 4.99 Å². The number of carbonyl (C=O) groups is 2. The number of piperidine rings is 1. The molecule has 3 aromatic heterocycles. The number of amidine groups is 1. The van der Waals surface area contributed by atoms with Crippen LogP contribution in [-0.2, 0) is 0 Å². The molecule has 40 heavy (non-hydrogen) atoms. The summed E-state index contributed by atoms with van der Waals surface area (Å²) >= 11 is 0. The van der Waals surface area contributed by atoms with Gasteiger partial charge in [-0.25, -0.2) is 9.98 Å². The van der Waals surface area contributed by atoms with E-state index in [2.05, 4.69) is 30.6 Å². The average Bonchev–Trinajstić information content (AvgIpc) is 3.71. The van der Waals surface area contributed by atoms with E-state index in [-0.39, 0.29) is 41.3 Å². The van der Waals surface area contributed by atoms with Crippen LogP contribution >= 0.6 is 0 Å². The van der Waals surface area contributed by atoms with Gasteiger partial charge in [-0.15, -0.1) is 10.2 Å². The lowest BCUT2D eigenvalue weighted by Gasteiger charge is -2.38. The zero-order valence-electron chi connectivity index (χ0n) is 21.9. The first-order valence-electron chi connectivity index (χ1n) is 13.4. The van der Waals surface area contributed by atoms with Gasteiger partial charge in [0, 0.05) is 47.4 Å². The number of hydrogen-bond donors (Lipinski definition) is 3. The second-order valence-electron chi connectivity index (χ2n) is 10.6. The van der Waals surface area contributed by atoms with Gasteiger partial charge in [0.25, 0.3) is 5.91 Å². The molecule has 4 N–H and O–H groups in total. The maximum atomic E-state index is 13.1. The first kappa shape index (κ1) is 24.2. The number of nitrogens with one attached hydrogen (secondary N) is 2. The summed E-state index contributed by atoms with van der Waals surface area (Å²) < 4.78 is 1.55. The van der Waals surface area contributed by atoms with Crippen LogP contribution < -0.4 is 11.1 Å². The molecule has 0 aliphatic carbocycles. The summed E-state index contributed by atoms with van der Waals surface area (Å²) in [6.45, 7) is 2.06. The third-order valence-electron chi connectivity index (χ3n) is 8.23. The highest BCUT2D eigenvalue weighted by Gasteiger charge is 2.45. The SMILES string of the molecule is CC(=O)c1c([C@@H]2C[C@H]3CC[C@@H](C2)N3C(=O)c2nnc[nH]2)nc2c(C3=CN=C(c4ccccc4)NC3)cnn2c1N. The first-order valence-corrected chi connectivity index (χ1v) is 13.4. The number of carbonyl (C=O) groups excluding carboxylic acids is 2. The molecular weight excluding hydrogens is 508 g/mol. The normalized spacial score (nSPS) is 22.1. The fourth-order valence-electron chi connectivity index (χ4n) is 6.43. The van der Waals surface area contributed by atoms with Gasteiger partial charge in [-0.05, 0) is 32.6 Å². The number of aromatic nitrogens is 6. The Kier molecular flexibility index (Phi) is 5.68. The molecule has 0 radical (unpaired) electrons. The minimum absolute atomic E-state index is 0.0219. The zero-order valence-corrected chi connectivity index (χ0v) is 21.9. The molecule has 6 heterocycles. The van der Waals surface area contributed by atoms with Crippen LogP contribution in [0.4, 0.5) is 5.82 Å². The van der Waals surface area contributed by atoms with E-state index < -0.39 is 0 Å². The van der Waals surface area contributed by atoms with Gasteiger partial charge >= 0.3 is 0 Å². The minimum Gasteiger partial charge on any atom is -0.383 e. The summed E-state index contributed by atoms with van der Waals surface area (Å²) in [5.74, 6) is 1.02. The Morgan fingerprint density at radius 3 is 2.52 bits per heavy atom. The highest BCUT2D eigenvalue weighted by Crippen LogP contribution is 2.44. The lowest BCUT2D eigenvalue weighted by Crippen LogP contribution is -2.46. The molecule has 202 valence electrons. The molecule has 3 aliphatic heterocycles. The van der Waals surface area contributed by atoms with Gasteiger partial charge in [0.1, 0.15) is 18.0 Å². The van der Waals surface area contributed by atoms with Crippen molar-refractivity contribution in [3.8, 4) is 0 Å². The van der Waals surface area contributed by atoms with E-state index in [9.17, 15) is 9.59 Å². The summed E-state index contributed by atoms with van der Waals surface area (Å²) in [5.41, 5.74) is 11.0. The van der Waals surface area contributed by atoms with Gasteiger partial charge < -0.3 is 20.9 Å². The van der Waals surface area contributed by atoms with Crippen molar-refractivity contribution in [1.82, 2.24) is 40.0 Å². The fraction of sp³-hybridized carbons (Fsp3) is 0.321. The molecule has 12 heteroatoms. The number of aromatic amines is 1. The van der Waals surface area contributed by atoms with E-state index in [0.717, 1.165) is 35.4 Å². The lowest BCUT2D eigenvalue weighted by molar-refractivity contribution is 0.0556. The molecule has 0 saturated carbocycles. The van der Waals surface area contributed by atoms with E-state index in [1.165, 1.54) is 13.3 Å². The number of rotatable bonds is 5. The smallest absolute Gasteiger partial charge is 0.292 e. The average molecular weight is 537 g/mol. The molecule has 7 rings (SSSR count). The van der Waals surface area contributed by atoms with Gasteiger partial charge in [0.15, 0.2) is 11.4 Å². The summed E-state index contributed by atoms with van der Waals surface area (Å²) in [6.07, 6.45) is 8.15. The monoisotopic (exact) mass is 536 g/mol. The number of H-pyrrole nitrogens is 1. The lowest BCUT2D eigenvalue weighted by atomic mass is 9.85. The van der Waals surface area contributed by atoms with Crippen LogP contribution in [0.3, 0.4) is 0 Å². The Morgan fingerprint density at radius 2 is 1.88 bits per heavy atom. The molecule has 4 aromatic rings. The van der Waals surface area contributed by atoms with Crippen LogP contribution in [0.2, 0.25) is 0 Å². The summed E-state index contributed by atoms with van der Waals surface area (Å²) in [7, 11) is 0. The van der Waals surface area contributed by atoms with E-state index >= 15 is 0 Å². The van der Waals surface area contributed by atoms with Crippen LogP contribution in [0, 0.1) is 0 Å². The molecule has 0 unspecified atom stereocenters. The number of amides is 1. The molecule has 2 fully saturated rings. The zero-order chi connectivity index (χ0) is 27.4. The second kappa shape index (κ2) is 9.40. The van der Waals surface area contributed by atoms with Crippen molar-refractivity contribution >= 4 is 34.6 Å². The van der Waals surface area contributed by atoms with Crippen molar-refractivity contribution in [3.63, 3.8) is 0 Å². The third-order valence-corrected chi connectivity index (χ3v) is 8.23. The molecule has 3 aliphatic rings. The molecule has 1 amide bonds. The highest BCUT2D eigenvalue weighted by atomic mass is 16.2. The van der Waals surface area contributed by atoms with Crippen LogP contribution in [-0.4, -0.2) is 70.8 Å². The Labute approximate surface area is 229 Å². The number of anilines is 1. The third kappa shape index (κ3) is 3.86. The maximum Gasteiger partial charge on any atom is 0.292 e. The number of aliphatic imine (C=N–C) groups is 1. The van der Waals surface area contributed by atoms with Crippen molar-refractivity contribution < 1.29 is 9.59 Å². The molecule has 2 saturated heterocycles. The van der Waals surface area contributed by atoms with Crippen molar-refractivity contribution in [2.75, 3.05) is 12.3 Å². The largest absolute Gasteiger partial charge is 0.383 e. The molecule has 0 spiro atoms. The van der Waals surface area contributed by atoms with Crippen LogP contribution in [0.5, 0.6) is 0 Å². The number of nitrogens with zero attached hydrogens (tertiary/aromatic N) is 7. The summed E-state index contributed by atoms with van der Waals surface area (Å²) in [5, 5.41) is 15.6. The van der Waals surface area contributed by atoms with Gasteiger partial charge in [0.2, 0.25) is 5.82 Å². The quantitative estimate of drug-likeness (QED) is 0.328. The Bertz CT molecular complexity index is 1670. The van der Waals surface area contributed by atoms with Crippen molar-refractivity contribution in [2.45, 2.75) is 50.6 Å². The number of ketones is 1. The Hall–Kier alpha value is -4.87. The molecular formula is C28H28N10O2. The standard InChI is InChI=1S/C28H28N10O2/c1-15(39)22-23(17-9-19-7-8-20(10-17)37(19)28(40)26-32-14-33-36-26)35-27-21(13-34-38(27)24(22)29)18-11-30-25(31-12-18)16-5-3-2-4-6-16/h2-6,11,13-14,17,19-20H,7-10,12,29H2,1H3,(H,30,31)(H,32,33,36)/t17-,19-,20+. The minimum atomic E-state index is -0.151. The van der Waals surface area contributed by atoms with Crippen LogP contribution in [0.1, 0.15) is 76.3 Å². The van der Waals surface area contributed by atoms with Gasteiger partial charge in [-0.2, -0.15) is 9.61 Å². The van der Waals surface area contributed by atoms with E-state index in [1.807, 2.05) is 41.4 Å². The first-order chi connectivity index (χ1) is 19.5. The van der Waals surface area contributed by atoms with E-state index in [0.29, 0.717) is 36.3 Å². The number of benzene rings is 1. The predicted molar refractivity (Wildman–Crippen MR) is 148 cm³/mol. The molecule has 2 bridgehead atoms. The number of hydrogen-bond acceptors (Lipinski definition) is 9. The Balaban J connectivity index is 1.25. The summed E-state index contributed by atoms with van der Waals surface area (Å²) in [4.78, 5) is 40.5. The van der Waals surface area contributed by atoms with Crippen molar-refractivity contribution in [1.29, 1.82) is 0 Å². The van der Waals surface area contributed by atoms with Crippen LogP contribution in [0.15, 0.2) is 54.0 Å². The number of fused-ring (bicyclic) bond motifs is 3. The van der Waals surface area contributed by atoms with Crippen molar-refractivity contribution in [3.05, 3.63) is 77.3 Å². The number of nitrogens with two attached hydrogens (primary N) is 1. The van der Waals surface area contributed by atoms with Crippen LogP contribution in [0.25, 0.3) is 11.2 Å². The number of Topliss-reactive ketones (excluding diaryl/α,β-unsaturated/α-hetero) is 1. The topological polar surface area (TPSA) is 160 Å². The Morgan fingerprint density at radius 1 is 1.10 bits per heavy atom.